The van der Waals surface area contributed by atoms with Gasteiger partial charge in [0.25, 0.3) is 0 Å². The number of likely N-dealkylation sites (tertiary alicyclic amines) is 2. The molecule has 0 aromatic carbocycles. The molecule has 13 heteroatoms. The average Bonchev–Trinajstić information content (AvgIpc) is 3.71. The van der Waals surface area contributed by atoms with Crippen molar-refractivity contribution in [3.05, 3.63) is 0 Å². The number of rotatable bonds is 6. The van der Waals surface area contributed by atoms with Crippen molar-refractivity contribution in [3.8, 4) is 54.6 Å². The van der Waals surface area contributed by atoms with Crippen molar-refractivity contribution in [2.45, 2.75) is 209 Å². The number of piperidine rings is 2. The van der Waals surface area contributed by atoms with Crippen molar-refractivity contribution in [3.63, 3.8) is 0 Å². The first kappa shape index (κ1) is 53.9. The summed E-state index contributed by atoms with van der Waals surface area (Å²) in [6.07, 6.45) is 24.8. The SMILES string of the molecule is N#CC1CC(C#N)C(C2C(C3C(C#N)CC(C#N)CC3C#N)C(C3CCNC4C3NCCC4N3C4CCCCC4C4CCCCC43)C3C(C4CCCCC4N3C3CCCCC3)C2C2C(C#N)CC(C#N)CC2C#N)C(C#N)C1. The zero-order chi connectivity index (χ0) is 53.8. The Morgan fingerprint density at radius 1 is 0.282 bits per heavy atom. The van der Waals surface area contributed by atoms with Crippen LogP contribution in [0.2, 0.25) is 0 Å². The van der Waals surface area contributed by atoms with Crippen LogP contribution in [-0.2, 0) is 0 Å². The zero-order valence-electron chi connectivity index (χ0n) is 46.3. The van der Waals surface area contributed by atoms with Crippen LogP contribution in [0, 0.1) is 226 Å². The number of hydrogen-bond donors (Lipinski definition) is 2. The Morgan fingerprint density at radius 2 is 0.641 bits per heavy atom. The maximum atomic E-state index is 11.8. The molecule has 78 heavy (non-hydrogen) atoms. The van der Waals surface area contributed by atoms with E-state index in [1.54, 1.807) is 0 Å². The van der Waals surface area contributed by atoms with Crippen molar-refractivity contribution < 1.29 is 0 Å². The Balaban J connectivity index is 1.11. The van der Waals surface area contributed by atoms with E-state index in [1.165, 1.54) is 70.6 Å². The number of fused-ring (bicyclic) bond motifs is 7. The van der Waals surface area contributed by atoms with E-state index in [-0.39, 0.29) is 53.6 Å². The standard InChI is InChI=1S/C65H85N13/c66-28-37-22-40(31-69)55(41(23-37)32-70)60-58-49-14-6-9-17-53(49)77(46-10-2-1-3-11-46)65(58)59(50-18-20-76-64-54(19-21-75-63(50)64)78-51-15-7-4-12-47(51)48-13-5-8-16-52(48)78)61(56-42(33-71)24-38(29-67)25-43(56)34-72)62(60)57-44(35-73)26-39(30-68)27-45(57)36-74/h37-65,75-76H,1-27H2. The van der Waals surface area contributed by atoms with Gasteiger partial charge in [0, 0.05) is 66.1 Å². The van der Waals surface area contributed by atoms with E-state index in [9.17, 15) is 47.4 Å². The van der Waals surface area contributed by atoms with E-state index in [2.05, 4.69) is 75.1 Å². The lowest BCUT2D eigenvalue weighted by molar-refractivity contribution is -0.165. The van der Waals surface area contributed by atoms with Gasteiger partial charge in [-0.3, -0.25) is 9.80 Å². The van der Waals surface area contributed by atoms with Gasteiger partial charge in [-0.2, -0.15) is 47.4 Å². The number of hydrogen-bond acceptors (Lipinski definition) is 13. The third-order valence-corrected chi connectivity index (χ3v) is 25.2. The van der Waals surface area contributed by atoms with Crippen molar-refractivity contribution in [1.29, 1.82) is 47.4 Å². The highest BCUT2D eigenvalue weighted by molar-refractivity contribution is 5.25. The molecule has 22 unspecified atom stereocenters. The molecule has 12 aliphatic rings. The van der Waals surface area contributed by atoms with E-state index >= 15 is 0 Å². The van der Waals surface area contributed by atoms with E-state index in [0.29, 0.717) is 68.7 Å². The van der Waals surface area contributed by atoms with Crippen molar-refractivity contribution in [2.75, 3.05) is 13.1 Å². The molecule has 2 N–H and O–H groups in total. The molecule has 22 atom stereocenters. The molecule has 4 saturated heterocycles. The molecule has 0 aromatic rings. The van der Waals surface area contributed by atoms with Crippen LogP contribution in [0.5, 0.6) is 0 Å². The molecule has 410 valence electrons. The maximum absolute atomic E-state index is 11.8. The van der Waals surface area contributed by atoms with Gasteiger partial charge in [0.1, 0.15) is 0 Å². The highest BCUT2D eigenvalue weighted by Gasteiger charge is 2.71. The summed E-state index contributed by atoms with van der Waals surface area (Å²) in [7, 11) is 0. The first-order valence-electron chi connectivity index (χ1n) is 31.9. The second-order valence-corrected chi connectivity index (χ2v) is 27.9. The highest BCUT2D eigenvalue weighted by Crippen LogP contribution is 2.69. The van der Waals surface area contributed by atoms with Gasteiger partial charge in [0.15, 0.2) is 0 Å². The molecule has 0 radical (unpaired) electrons. The minimum Gasteiger partial charge on any atom is -0.312 e. The summed E-state index contributed by atoms with van der Waals surface area (Å²) >= 11 is 0. The van der Waals surface area contributed by atoms with Crippen LogP contribution < -0.4 is 10.6 Å². The van der Waals surface area contributed by atoms with Gasteiger partial charge >= 0.3 is 0 Å². The Hall–Kier alpha value is -4.75. The maximum Gasteiger partial charge on any atom is 0.0659 e. The Morgan fingerprint density at radius 3 is 1.08 bits per heavy atom. The monoisotopic (exact) mass is 1050 g/mol. The van der Waals surface area contributed by atoms with Gasteiger partial charge < -0.3 is 10.6 Å². The van der Waals surface area contributed by atoms with Crippen LogP contribution >= 0.6 is 0 Å². The fourth-order valence-corrected chi connectivity index (χ4v) is 23.0. The summed E-state index contributed by atoms with van der Waals surface area (Å²) in [5.74, 6) is -5.75. The zero-order valence-corrected chi connectivity index (χ0v) is 46.3. The summed E-state index contributed by atoms with van der Waals surface area (Å²) in [5, 5.41) is 111. The first-order chi connectivity index (χ1) is 38.3. The Labute approximate surface area is 466 Å². The Kier molecular flexibility index (Phi) is 15.9. The molecule has 0 spiro atoms. The van der Waals surface area contributed by atoms with Gasteiger partial charge in [-0.05, 0) is 187 Å². The number of nitrogens with zero attached hydrogens (tertiary/aromatic N) is 11. The minimum absolute atomic E-state index is 0.0203. The van der Waals surface area contributed by atoms with Crippen LogP contribution in [0.15, 0.2) is 0 Å². The summed E-state index contributed by atoms with van der Waals surface area (Å²) in [5.41, 5.74) is 0. The van der Waals surface area contributed by atoms with Crippen LogP contribution in [0.3, 0.4) is 0 Å². The van der Waals surface area contributed by atoms with Crippen molar-refractivity contribution >= 4 is 0 Å². The van der Waals surface area contributed by atoms with E-state index in [1.807, 2.05) is 0 Å². The lowest BCUT2D eigenvalue weighted by Gasteiger charge is -2.65. The molecular formula is C65H85N13. The van der Waals surface area contributed by atoms with Crippen LogP contribution in [0.25, 0.3) is 0 Å². The van der Waals surface area contributed by atoms with Gasteiger partial charge in [-0.15, -0.1) is 0 Å². The smallest absolute Gasteiger partial charge is 0.0659 e. The molecule has 0 bridgehead atoms. The fraction of sp³-hybridized carbons (Fsp3) is 0.862. The molecule has 0 amide bonds. The van der Waals surface area contributed by atoms with Crippen molar-refractivity contribution in [2.24, 2.45) is 124 Å². The van der Waals surface area contributed by atoms with E-state index in [4.69, 9.17) is 0 Å². The molecule has 8 aliphatic carbocycles. The van der Waals surface area contributed by atoms with Crippen molar-refractivity contribution in [1.82, 2.24) is 20.4 Å². The predicted octanol–water partition coefficient (Wildman–Crippen LogP) is 10.3. The topological polar surface area (TPSA) is 245 Å². The van der Waals surface area contributed by atoms with E-state index < -0.39 is 76.9 Å². The normalized spacial score (nSPS) is 50.3. The predicted molar refractivity (Wildman–Crippen MR) is 289 cm³/mol. The molecular weight excluding hydrogens is 963 g/mol. The van der Waals surface area contributed by atoms with Gasteiger partial charge in [-0.25, -0.2) is 0 Å². The van der Waals surface area contributed by atoms with Gasteiger partial charge in [-0.1, -0.05) is 57.8 Å². The third kappa shape index (κ3) is 8.95. The Bertz CT molecular complexity index is 2490. The molecule has 12 rings (SSSR count). The molecule has 4 heterocycles. The van der Waals surface area contributed by atoms with Crippen LogP contribution in [-0.4, -0.2) is 71.2 Å². The summed E-state index contributed by atoms with van der Waals surface area (Å²) < 4.78 is 0. The van der Waals surface area contributed by atoms with Gasteiger partial charge in [0.05, 0.1) is 90.1 Å². The minimum atomic E-state index is -0.661. The number of nitriles is 9. The molecule has 0 aromatic heterocycles. The third-order valence-electron chi connectivity index (χ3n) is 25.2. The lowest BCUT2D eigenvalue weighted by Crippen LogP contribution is -2.73. The number of nitrogens with one attached hydrogen (secondary N) is 2. The summed E-state index contributed by atoms with van der Waals surface area (Å²) in [4.78, 5) is 6.19. The second-order valence-electron chi connectivity index (χ2n) is 27.9. The fourth-order valence-electron chi connectivity index (χ4n) is 23.0. The van der Waals surface area contributed by atoms with E-state index in [0.717, 1.165) is 76.3 Å². The largest absolute Gasteiger partial charge is 0.312 e. The average molecular weight is 1050 g/mol. The molecule has 13 nitrogen and oxygen atoms in total. The molecule has 4 aliphatic heterocycles. The summed E-state index contributed by atoms with van der Waals surface area (Å²) in [6.45, 7) is 1.77. The quantitative estimate of drug-likeness (QED) is 0.252. The first-order valence-corrected chi connectivity index (χ1v) is 31.9. The second kappa shape index (κ2) is 23.0. The van der Waals surface area contributed by atoms with Crippen LogP contribution in [0.1, 0.15) is 161 Å². The molecule has 8 saturated carbocycles. The van der Waals surface area contributed by atoms with Gasteiger partial charge in [0.2, 0.25) is 0 Å². The molecule has 12 fully saturated rings. The lowest BCUT2D eigenvalue weighted by atomic mass is 9.40. The highest BCUT2D eigenvalue weighted by atomic mass is 15.3. The summed E-state index contributed by atoms with van der Waals surface area (Å²) in [6, 6.07) is 26.8. The van der Waals surface area contributed by atoms with Crippen LogP contribution in [0.4, 0.5) is 0 Å².